The van der Waals surface area contributed by atoms with Gasteiger partial charge >= 0.3 is 17.1 Å². The van der Waals surface area contributed by atoms with Crippen molar-refractivity contribution in [2.24, 2.45) is 11.3 Å². The molecule has 2 heteroatoms. The number of carbonyl (C=O) groups excluding carboxylic acids is 1. The molecule has 0 spiro atoms. The molecule has 0 amide bonds. The average molecular weight is 326 g/mol. The van der Waals surface area contributed by atoms with Gasteiger partial charge in [-0.25, -0.2) is 11.6 Å². The minimum atomic E-state index is -0.267. The largest absolute Gasteiger partial charge is 2.00 e. The summed E-state index contributed by atoms with van der Waals surface area (Å²) in [6.07, 6.45) is 17.5. The van der Waals surface area contributed by atoms with Crippen LogP contribution in [0.1, 0.15) is 53.9 Å². The van der Waals surface area contributed by atoms with Crippen LogP contribution in [-0.4, -0.2) is 5.78 Å². The SMILES string of the molecule is CC(C)(C)C(=O)C1=[C-]CC=C1.CC(C)CC1=[C-]CC=C1.[Fe+2]. The van der Waals surface area contributed by atoms with E-state index in [1.165, 1.54) is 12.0 Å². The molecule has 0 aliphatic heterocycles. The zero-order chi connectivity index (χ0) is 15.2. The Balaban J connectivity index is 0.000000370. The van der Waals surface area contributed by atoms with Crippen molar-refractivity contribution in [2.75, 3.05) is 0 Å². The van der Waals surface area contributed by atoms with E-state index in [1.807, 2.05) is 32.9 Å². The molecule has 116 valence electrons. The van der Waals surface area contributed by atoms with Gasteiger partial charge in [0.05, 0.1) is 5.78 Å². The normalized spacial score (nSPS) is 16.1. The Morgan fingerprint density at radius 3 is 2.10 bits per heavy atom. The van der Waals surface area contributed by atoms with Gasteiger partial charge in [-0.3, -0.25) is 6.08 Å². The summed E-state index contributed by atoms with van der Waals surface area (Å²) >= 11 is 0. The molecule has 0 bridgehead atoms. The summed E-state index contributed by atoms with van der Waals surface area (Å²) in [5.74, 6) is 0.960. The molecular weight excluding hydrogens is 300 g/mol. The van der Waals surface area contributed by atoms with Crippen molar-refractivity contribution in [3.8, 4) is 0 Å². The first-order chi connectivity index (χ1) is 9.30. The van der Waals surface area contributed by atoms with Crippen molar-refractivity contribution in [1.82, 2.24) is 0 Å². The maximum atomic E-state index is 11.5. The number of Topliss-reactive ketones (excluding diaryl/α,β-unsaturated/α-hetero) is 1. The van der Waals surface area contributed by atoms with Crippen molar-refractivity contribution in [1.29, 1.82) is 0 Å². The van der Waals surface area contributed by atoms with Crippen molar-refractivity contribution in [2.45, 2.75) is 53.9 Å². The second-order valence-corrected chi connectivity index (χ2v) is 6.68. The quantitative estimate of drug-likeness (QED) is 0.526. The second kappa shape index (κ2) is 9.22. The van der Waals surface area contributed by atoms with E-state index in [4.69, 9.17) is 0 Å². The third-order valence-electron chi connectivity index (χ3n) is 3.01. The van der Waals surface area contributed by atoms with Crippen LogP contribution in [0.5, 0.6) is 0 Å². The molecule has 21 heavy (non-hydrogen) atoms. The van der Waals surface area contributed by atoms with E-state index < -0.39 is 0 Å². The van der Waals surface area contributed by atoms with Gasteiger partial charge in [0, 0.05) is 0 Å². The third kappa shape index (κ3) is 7.64. The Hall–Kier alpha value is -0.851. The molecule has 0 aromatic rings. The van der Waals surface area contributed by atoms with E-state index in [9.17, 15) is 4.79 Å². The monoisotopic (exact) mass is 326 g/mol. The smallest absolute Gasteiger partial charge is 0.370 e. The Labute approximate surface area is 140 Å². The maximum Gasteiger partial charge on any atom is 2.00 e. The van der Waals surface area contributed by atoms with Crippen LogP contribution >= 0.6 is 0 Å². The number of hydrogen-bond donors (Lipinski definition) is 0. The summed E-state index contributed by atoms with van der Waals surface area (Å²) in [7, 11) is 0. The van der Waals surface area contributed by atoms with Gasteiger partial charge in [-0.05, 0) is 11.3 Å². The first-order valence-corrected chi connectivity index (χ1v) is 7.39. The van der Waals surface area contributed by atoms with Crippen LogP contribution in [0.25, 0.3) is 0 Å². The zero-order valence-electron chi connectivity index (χ0n) is 13.8. The molecule has 0 atom stereocenters. The molecule has 2 rings (SSSR count). The van der Waals surface area contributed by atoms with Gasteiger partial charge in [0.2, 0.25) is 0 Å². The van der Waals surface area contributed by atoms with Gasteiger partial charge < -0.3 is 4.79 Å². The van der Waals surface area contributed by atoms with E-state index in [1.54, 1.807) is 0 Å². The van der Waals surface area contributed by atoms with Crippen molar-refractivity contribution >= 4 is 5.78 Å². The fourth-order valence-corrected chi connectivity index (χ4v) is 1.99. The fraction of sp³-hybridized carbons (Fsp3) is 0.526. The average Bonchev–Trinajstić information content (AvgIpc) is 2.98. The first-order valence-electron chi connectivity index (χ1n) is 7.39. The summed E-state index contributed by atoms with van der Waals surface area (Å²) in [5.41, 5.74) is 1.87. The predicted octanol–water partition coefficient (Wildman–Crippen LogP) is 5.01. The van der Waals surface area contributed by atoms with Crippen LogP contribution in [0.15, 0.2) is 35.5 Å². The molecule has 0 heterocycles. The first kappa shape index (κ1) is 20.1. The van der Waals surface area contributed by atoms with E-state index in [0.717, 1.165) is 24.3 Å². The molecule has 0 saturated carbocycles. The number of allylic oxidation sites excluding steroid dienone is 8. The van der Waals surface area contributed by atoms with Crippen molar-refractivity contribution < 1.29 is 21.9 Å². The minimum Gasteiger partial charge on any atom is -0.370 e. The standard InChI is InChI=1S/C10H13O.C9H13.Fe/c1-10(2,3)9(11)8-6-4-5-7-8;1-8(2)7-9-5-3-4-6-9;/h4,6H,5H2,1-3H3;3,5,8H,4,7H2,1-2H3;/q2*-1;+2. The van der Waals surface area contributed by atoms with Crippen LogP contribution in [0.2, 0.25) is 0 Å². The molecule has 0 aromatic carbocycles. The van der Waals surface area contributed by atoms with E-state index >= 15 is 0 Å². The molecule has 0 fully saturated rings. The molecule has 0 aromatic heterocycles. The second-order valence-electron chi connectivity index (χ2n) is 6.68. The molecule has 1 nitrogen and oxygen atoms in total. The fourth-order valence-electron chi connectivity index (χ4n) is 1.99. The van der Waals surface area contributed by atoms with Crippen molar-refractivity contribution in [3.05, 3.63) is 47.6 Å². The van der Waals surface area contributed by atoms with Gasteiger partial charge in [-0.1, -0.05) is 47.5 Å². The third-order valence-corrected chi connectivity index (χ3v) is 3.01. The summed E-state index contributed by atoms with van der Waals surface area (Å²) in [5, 5.41) is 0. The number of rotatable bonds is 3. The topological polar surface area (TPSA) is 17.1 Å². The van der Waals surface area contributed by atoms with Gasteiger partial charge in [0.25, 0.3) is 0 Å². The van der Waals surface area contributed by atoms with Gasteiger partial charge in [-0.15, -0.1) is 12.5 Å². The Kier molecular flexibility index (Phi) is 8.85. The molecular formula is C19H26FeO. The predicted molar refractivity (Wildman–Crippen MR) is 84.9 cm³/mol. The number of ketones is 1. The van der Waals surface area contributed by atoms with Crippen molar-refractivity contribution in [3.63, 3.8) is 0 Å². The Bertz CT molecular complexity index is 456. The molecule has 0 saturated heterocycles. The molecule has 0 unspecified atom stereocenters. The van der Waals surface area contributed by atoms with Crippen LogP contribution in [0, 0.1) is 23.5 Å². The Morgan fingerprint density at radius 2 is 1.71 bits per heavy atom. The van der Waals surface area contributed by atoms with Crippen LogP contribution in [0.3, 0.4) is 0 Å². The molecule has 2 aliphatic carbocycles. The van der Waals surface area contributed by atoms with Gasteiger partial charge in [0.1, 0.15) is 0 Å². The van der Waals surface area contributed by atoms with E-state index in [0.29, 0.717) is 0 Å². The molecule has 0 N–H and O–H groups in total. The number of carbonyl (C=O) groups is 1. The zero-order valence-corrected chi connectivity index (χ0v) is 14.9. The summed E-state index contributed by atoms with van der Waals surface area (Å²) in [4.78, 5) is 11.5. The van der Waals surface area contributed by atoms with E-state index in [-0.39, 0.29) is 28.3 Å². The Morgan fingerprint density at radius 1 is 1.14 bits per heavy atom. The summed E-state index contributed by atoms with van der Waals surface area (Å²) < 4.78 is 0. The minimum absolute atomic E-state index is 0. The molecule has 0 radical (unpaired) electrons. The van der Waals surface area contributed by atoms with Gasteiger partial charge in [0.15, 0.2) is 0 Å². The molecule has 2 aliphatic rings. The van der Waals surface area contributed by atoms with Crippen LogP contribution < -0.4 is 0 Å². The van der Waals surface area contributed by atoms with Crippen LogP contribution in [0.4, 0.5) is 0 Å². The van der Waals surface area contributed by atoms with E-state index in [2.05, 4.69) is 38.2 Å². The maximum absolute atomic E-state index is 11.5. The summed E-state index contributed by atoms with van der Waals surface area (Å²) in [6.45, 7) is 10.3. The number of hydrogen-bond acceptors (Lipinski definition) is 1. The summed E-state index contributed by atoms with van der Waals surface area (Å²) in [6, 6.07) is 0. The van der Waals surface area contributed by atoms with Gasteiger partial charge in [-0.2, -0.15) is 23.8 Å². The van der Waals surface area contributed by atoms with Crippen LogP contribution in [-0.2, 0) is 21.9 Å².